The van der Waals surface area contributed by atoms with E-state index in [2.05, 4.69) is 21.6 Å². The van der Waals surface area contributed by atoms with Crippen LogP contribution >= 0.6 is 0 Å². The van der Waals surface area contributed by atoms with Gasteiger partial charge in [0.05, 0.1) is 5.69 Å². The molecule has 2 heterocycles. The molecule has 1 N–H and O–H groups in total. The predicted octanol–water partition coefficient (Wildman–Crippen LogP) is 1.72. The van der Waals surface area contributed by atoms with Crippen LogP contribution in [0.1, 0.15) is 37.3 Å². The van der Waals surface area contributed by atoms with Gasteiger partial charge in [-0.2, -0.15) is 10.2 Å². The second-order valence-corrected chi connectivity index (χ2v) is 5.02. The van der Waals surface area contributed by atoms with Gasteiger partial charge in [-0.1, -0.05) is 0 Å². The Bertz CT molecular complexity index is 330. The van der Waals surface area contributed by atoms with Crippen LogP contribution in [0.2, 0.25) is 0 Å². The Balaban J connectivity index is 1.76. The van der Waals surface area contributed by atoms with Gasteiger partial charge in [-0.05, 0) is 49.8 Å². The summed E-state index contributed by atoms with van der Waals surface area (Å²) >= 11 is 0. The number of nitrogens with zero attached hydrogens (tertiary/aromatic N) is 2. The van der Waals surface area contributed by atoms with E-state index in [1.807, 2.05) is 6.07 Å². The van der Waals surface area contributed by atoms with Gasteiger partial charge in [0, 0.05) is 18.7 Å². The van der Waals surface area contributed by atoms with E-state index in [0.717, 1.165) is 0 Å². The number of rotatable bonds is 1. The van der Waals surface area contributed by atoms with Gasteiger partial charge in [-0.25, -0.2) is 0 Å². The average Bonchev–Trinajstić information content (AvgIpc) is 2.91. The largest absolute Gasteiger partial charge is 0.316 e. The van der Waals surface area contributed by atoms with E-state index in [-0.39, 0.29) is 0 Å². The van der Waals surface area contributed by atoms with Gasteiger partial charge in [0.1, 0.15) is 0 Å². The molecular weight excluding hydrogens is 186 g/mol. The molecule has 1 aromatic rings. The Labute approximate surface area is 90.3 Å². The number of aromatic nitrogens is 2. The summed E-state index contributed by atoms with van der Waals surface area (Å²) in [6.07, 6.45) is 7.06. The molecule has 3 heteroatoms. The normalized spacial score (nSPS) is 35.1. The first-order valence-corrected chi connectivity index (χ1v) is 5.86. The molecule has 80 valence electrons. The zero-order valence-corrected chi connectivity index (χ0v) is 8.95. The van der Waals surface area contributed by atoms with E-state index in [4.69, 9.17) is 0 Å². The fourth-order valence-corrected chi connectivity index (χ4v) is 3.17. The van der Waals surface area contributed by atoms with Gasteiger partial charge in [-0.15, -0.1) is 0 Å². The van der Waals surface area contributed by atoms with Gasteiger partial charge in [0.25, 0.3) is 0 Å². The average molecular weight is 203 g/mol. The fourth-order valence-electron chi connectivity index (χ4n) is 3.17. The summed E-state index contributed by atoms with van der Waals surface area (Å²) in [5, 5.41) is 11.7. The second kappa shape index (κ2) is 3.56. The van der Waals surface area contributed by atoms with Crippen molar-refractivity contribution in [2.45, 2.75) is 31.6 Å². The summed E-state index contributed by atoms with van der Waals surface area (Å²) in [7, 11) is 0. The lowest BCUT2D eigenvalue weighted by Crippen LogP contribution is -2.20. The fraction of sp³-hybridized carbons (Fsp3) is 0.667. The van der Waals surface area contributed by atoms with E-state index < -0.39 is 0 Å². The molecule has 0 amide bonds. The molecule has 0 radical (unpaired) electrons. The van der Waals surface area contributed by atoms with Crippen molar-refractivity contribution in [2.24, 2.45) is 5.41 Å². The maximum absolute atomic E-state index is 4.24. The van der Waals surface area contributed by atoms with Crippen LogP contribution in [-0.4, -0.2) is 23.3 Å². The minimum Gasteiger partial charge on any atom is -0.316 e. The smallest absolute Gasteiger partial charge is 0.0662 e. The highest BCUT2D eigenvalue weighted by Crippen LogP contribution is 2.49. The summed E-state index contributed by atoms with van der Waals surface area (Å²) < 4.78 is 0. The summed E-state index contributed by atoms with van der Waals surface area (Å²) in [4.78, 5) is 0. The highest BCUT2D eigenvalue weighted by Gasteiger charge is 2.41. The van der Waals surface area contributed by atoms with Crippen molar-refractivity contribution in [1.29, 1.82) is 0 Å². The van der Waals surface area contributed by atoms with Gasteiger partial charge in [0.2, 0.25) is 0 Å². The van der Waals surface area contributed by atoms with Crippen molar-refractivity contribution < 1.29 is 0 Å². The minimum atomic E-state index is 0.586. The molecule has 15 heavy (non-hydrogen) atoms. The number of hydrogen-bond acceptors (Lipinski definition) is 3. The van der Waals surface area contributed by atoms with Crippen LogP contribution in [0, 0.1) is 5.41 Å². The molecule has 2 fully saturated rings. The third-order valence-corrected chi connectivity index (χ3v) is 4.05. The zero-order valence-electron chi connectivity index (χ0n) is 8.95. The maximum Gasteiger partial charge on any atom is 0.0662 e. The van der Waals surface area contributed by atoms with Crippen LogP contribution in [0.3, 0.4) is 0 Å². The molecule has 1 aliphatic carbocycles. The highest BCUT2D eigenvalue weighted by molar-refractivity contribution is 5.12. The van der Waals surface area contributed by atoms with E-state index >= 15 is 0 Å². The Kier molecular flexibility index (Phi) is 2.20. The summed E-state index contributed by atoms with van der Waals surface area (Å²) in [5.41, 5.74) is 1.78. The Morgan fingerprint density at radius 2 is 2.40 bits per heavy atom. The standard InChI is InChI=1S/C12H17N3/c1-2-11(15-14-6-1)10-3-4-12(8-10)5-7-13-9-12/h1-2,6,10,13H,3-5,7-9H2. The molecule has 1 saturated carbocycles. The van der Waals surface area contributed by atoms with Crippen molar-refractivity contribution >= 4 is 0 Å². The van der Waals surface area contributed by atoms with Crippen LogP contribution < -0.4 is 5.32 Å². The Morgan fingerprint density at radius 1 is 1.40 bits per heavy atom. The Hall–Kier alpha value is -0.960. The SMILES string of the molecule is c1cnnc(C2CCC3(CCNC3)C2)c1. The summed E-state index contributed by atoms with van der Waals surface area (Å²) in [6, 6.07) is 4.12. The molecule has 1 saturated heterocycles. The topological polar surface area (TPSA) is 37.8 Å². The lowest BCUT2D eigenvalue weighted by atomic mass is 9.84. The minimum absolute atomic E-state index is 0.586. The van der Waals surface area contributed by atoms with Crippen molar-refractivity contribution in [3.05, 3.63) is 24.0 Å². The van der Waals surface area contributed by atoms with Crippen molar-refractivity contribution in [3.63, 3.8) is 0 Å². The van der Waals surface area contributed by atoms with Crippen LogP contribution in [0.25, 0.3) is 0 Å². The molecule has 2 unspecified atom stereocenters. The van der Waals surface area contributed by atoms with Crippen molar-refractivity contribution in [2.75, 3.05) is 13.1 Å². The monoisotopic (exact) mass is 203 g/mol. The lowest BCUT2D eigenvalue weighted by Gasteiger charge is -2.21. The molecular formula is C12H17N3. The van der Waals surface area contributed by atoms with Gasteiger partial charge in [0.15, 0.2) is 0 Å². The number of nitrogens with one attached hydrogen (secondary N) is 1. The van der Waals surface area contributed by atoms with Crippen molar-refractivity contribution in [3.8, 4) is 0 Å². The molecule has 2 aliphatic rings. The van der Waals surface area contributed by atoms with Gasteiger partial charge < -0.3 is 5.32 Å². The van der Waals surface area contributed by atoms with Gasteiger partial charge >= 0.3 is 0 Å². The molecule has 1 spiro atoms. The molecule has 0 aromatic carbocycles. The van der Waals surface area contributed by atoms with E-state index in [0.29, 0.717) is 11.3 Å². The maximum atomic E-state index is 4.24. The highest BCUT2D eigenvalue weighted by atomic mass is 15.1. The third-order valence-electron chi connectivity index (χ3n) is 4.05. The van der Waals surface area contributed by atoms with E-state index in [1.54, 1.807) is 6.20 Å². The van der Waals surface area contributed by atoms with Crippen LogP contribution in [0.4, 0.5) is 0 Å². The lowest BCUT2D eigenvalue weighted by molar-refractivity contribution is 0.330. The second-order valence-electron chi connectivity index (χ2n) is 5.02. The molecule has 0 bridgehead atoms. The van der Waals surface area contributed by atoms with E-state index in [1.165, 1.54) is 44.5 Å². The number of hydrogen-bond donors (Lipinski definition) is 1. The van der Waals surface area contributed by atoms with Crippen LogP contribution in [0.15, 0.2) is 18.3 Å². The summed E-state index contributed by atoms with van der Waals surface area (Å²) in [5.74, 6) is 0.651. The zero-order chi connectivity index (χ0) is 10.1. The first-order valence-electron chi connectivity index (χ1n) is 5.86. The Morgan fingerprint density at radius 3 is 3.13 bits per heavy atom. The van der Waals surface area contributed by atoms with Gasteiger partial charge in [-0.3, -0.25) is 0 Å². The van der Waals surface area contributed by atoms with Crippen molar-refractivity contribution in [1.82, 2.24) is 15.5 Å². The first kappa shape index (κ1) is 9.28. The third kappa shape index (κ3) is 1.65. The first-order chi connectivity index (χ1) is 7.38. The molecule has 1 aromatic heterocycles. The predicted molar refractivity (Wildman–Crippen MR) is 58.5 cm³/mol. The van der Waals surface area contributed by atoms with E-state index in [9.17, 15) is 0 Å². The molecule has 3 rings (SSSR count). The molecule has 3 nitrogen and oxygen atoms in total. The summed E-state index contributed by atoms with van der Waals surface area (Å²) in [6.45, 7) is 2.41. The van der Waals surface area contributed by atoms with Crippen LogP contribution in [0.5, 0.6) is 0 Å². The molecule has 2 atom stereocenters. The molecule has 1 aliphatic heterocycles. The quantitative estimate of drug-likeness (QED) is 0.755. The van der Waals surface area contributed by atoms with Crippen LogP contribution in [-0.2, 0) is 0 Å².